The first-order valence-corrected chi connectivity index (χ1v) is 16.7. The molecule has 0 aromatic rings. The Labute approximate surface area is 220 Å². The molecule has 1 nitrogen and oxygen atoms in total. The van der Waals surface area contributed by atoms with E-state index in [0.717, 1.165) is 17.6 Å². The van der Waals surface area contributed by atoms with E-state index in [2.05, 4.69) is 13.8 Å². The standard InChI is InChI=1S/C34H62O/c1-3-5-7-9-11-13-15-17-19-30-21-25-33(26-22-30)29-34(32(33)35)27-23-31(24-28-34)20-18-16-14-12-10-8-6-4-2/h30-31H,3-29H2,1-2H3. The van der Waals surface area contributed by atoms with Gasteiger partial charge in [-0.3, -0.25) is 4.79 Å². The summed E-state index contributed by atoms with van der Waals surface area (Å²) in [6.07, 6.45) is 37.3. The predicted molar refractivity (Wildman–Crippen MR) is 153 cm³/mol. The minimum atomic E-state index is 0.139. The Kier molecular flexibility index (Phi) is 13.2. The maximum atomic E-state index is 13.5. The van der Waals surface area contributed by atoms with Crippen LogP contribution in [0.2, 0.25) is 0 Å². The van der Waals surface area contributed by atoms with E-state index in [-0.39, 0.29) is 10.8 Å². The van der Waals surface area contributed by atoms with Gasteiger partial charge in [0.1, 0.15) is 5.78 Å². The van der Waals surface area contributed by atoms with Crippen LogP contribution in [-0.2, 0) is 4.79 Å². The second-order valence-corrected chi connectivity index (χ2v) is 13.5. The molecule has 0 aromatic carbocycles. The number of hydrogen-bond acceptors (Lipinski definition) is 1. The molecular weight excluding hydrogens is 424 g/mol. The molecule has 3 rings (SSSR count). The molecule has 0 amide bonds. The Balaban J connectivity index is 1.22. The van der Waals surface area contributed by atoms with Crippen LogP contribution in [0, 0.1) is 22.7 Å². The molecule has 0 aliphatic heterocycles. The lowest BCUT2D eigenvalue weighted by atomic mass is 9.43. The normalized spacial score (nSPS) is 30.7. The molecule has 0 heterocycles. The summed E-state index contributed by atoms with van der Waals surface area (Å²) in [7, 11) is 0. The lowest BCUT2D eigenvalue weighted by Gasteiger charge is -2.59. The molecule has 0 aromatic heterocycles. The Morgan fingerprint density at radius 1 is 0.514 bits per heavy atom. The van der Waals surface area contributed by atoms with Crippen LogP contribution >= 0.6 is 0 Å². The second-order valence-electron chi connectivity index (χ2n) is 13.5. The van der Waals surface area contributed by atoms with Crippen LogP contribution in [0.25, 0.3) is 0 Å². The molecule has 35 heavy (non-hydrogen) atoms. The molecule has 3 aliphatic carbocycles. The second kappa shape index (κ2) is 15.8. The first-order valence-electron chi connectivity index (χ1n) is 16.7. The molecule has 0 bridgehead atoms. The average molecular weight is 487 g/mol. The number of hydrogen-bond donors (Lipinski definition) is 0. The van der Waals surface area contributed by atoms with Crippen molar-refractivity contribution in [2.75, 3.05) is 0 Å². The summed E-state index contributed by atoms with van der Waals surface area (Å²) < 4.78 is 0. The highest BCUT2D eigenvalue weighted by Gasteiger charge is 2.62. The molecule has 3 aliphatic rings. The average Bonchev–Trinajstić information content (AvgIpc) is 2.89. The van der Waals surface area contributed by atoms with Crippen molar-refractivity contribution in [3.63, 3.8) is 0 Å². The van der Waals surface area contributed by atoms with Crippen molar-refractivity contribution >= 4 is 5.78 Å². The minimum Gasteiger partial charge on any atom is -0.298 e. The molecule has 1 heteroatoms. The Bertz CT molecular complexity index is 513. The molecule has 204 valence electrons. The van der Waals surface area contributed by atoms with Crippen LogP contribution in [0.5, 0.6) is 0 Å². The van der Waals surface area contributed by atoms with Gasteiger partial charge in [0.05, 0.1) is 0 Å². The van der Waals surface area contributed by atoms with Crippen molar-refractivity contribution in [3.05, 3.63) is 0 Å². The maximum Gasteiger partial charge on any atom is 0.145 e. The summed E-state index contributed by atoms with van der Waals surface area (Å²) in [6, 6.07) is 0. The van der Waals surface area contributed by atoms with E-state index in [4.69, 9.17) is 0 Å². The van der Waals surface area contributed by atoms with Crippen LogP contribution in [0.15, 0.2) is 0 Å². The van der Waals surface area contributed by atoms with Crippen LogP contribution in [0.4, 0.5) is 0 Å². The van der Waals surface area contributed by atoms with Gasteiger partial charge in [0.25, 0.3) is 0 Å². The molecule has 3 saturated carbocycles. The van der Waals surface area contributed by atoms with Gasteiger partial charge < -0.3 is 0 Å². The Morgan fingerprint density at radius 3 is 1.14 bits per heavy atom. The third-order valence-corrected chi connectivity index (χ3v) is 10.7. The zero-order chi connectivity index (χ0) is 24.8. The van der Waals surface area contributed by atoms with Gasteiger partial charge in [-0.05, 0) is 69.6 Å². The molecule has 0 radical (unpaired) electrons. The zero-order valence-electron chi connectivity index (χ0n) is 24.2. The first-order chi connectivity index (χ1) is 17.1. The van der Waals surface area contributed by atoms with Gasteiger partial charge in [-0.25, -0.2) is 0 Å². The summed E-state index contributed by atoms with van der Waals surface area (Å²) >= 11 is 0. The number of ketones is 1. The van der Waals surface area contributed by atoms with Gasteiger partial charge in [0, 0.05) is 10.8 Å². The van der Waals surface area contributed by atoms with E-state index in [1.165, 1.54) is 173 Å². The molecular formula is C34H62O. The van der Waals surface area contributed by atoms with E-state index in [1.54, 1.807) is 0 Å². The molecule has 0 atom stereocenters. The largest absolute Gasteiger partial charge is 0.298 e. The predicted octanol–water partition coefficient (Wildman–Crippen LogP) is 11.4. The highest BCUT2D eigenvalue weighted by molar-refractivity contribution is 5.96. The zero-order valence-corrected chi connectivity index (χ0v) is 24.2. The first kappa shape index (κ1) is 29.2. The minimum absolute atomic E-state index is 0.139. The number of carbonyl (C=O) groups excluding carboxylic acids is 1. The van der Waals surface area contributed by atoms with Crippen LogP contribution in [0.1, 0.15) is 187 Å². The molecule has 3 fully saturated rings. The van der Waals surface area contributed by atoms with E-state index in [0.29, 0.717) is 0 Å². The van der Waals surface area contributed by atoms with Gasteiger partial charge >= 0.3 is 0 Å². The Morgan fingerprint density at radius 2 is 0.829 bits per heavy atom. The van der Waals surface area contributed by atoms with Gasteiger partial charge in [0.2, 0.25) is 0 Å². The summed E-state index contributed by atoms with van der Waals surface area (Å²) in [5.74, 6) is 2.58. The van der Waals surface area contributed by atoms with Crippen LogP contribution < -0.4 is 0 Å². The number of rotatable bonds is 18. The fourth-order valence-corrected chi connectivity index (χ4v) is 8.24. The van der Waals surface area contributed by atoms with Gasteiger partial charge in [0.15, 0.2) is 0 Å². The quantitative estimate of drug-likeness (QED) is 0.176. The van der Waals surface area contributed by atoms with Crippen molar-refractivity contribution < 1.29 is 4.79 Å². The molecule has 0 saturated heterocycles. The van der Waals surface area contributed by atoms with Crippen molar-refractivity contribution in [3.8, 4) is 0 Å². The monoisotopic (exact) mass is 486 g/mol. The molecule has 0 unspecified atom stereocenters. The summed E-state index contributed by atoms with van der Waals surface area (Å²) in [6.45, 7) is 4.60. The topological polar surface area (TPSA) is 17.1 Å². The van der Waals surface area contributed by atoms with E-state index in [1.807, 2.05) is 0 Å². The highest BCUT2D eigenvalue weighted by atomic mass is 16.1. The van der Waals surface area contributed by atoms with Gasteiger partial charge in [-0.1, -0.05) is 129 Å². The SMILES string of the molecule is CCCCCCCCCCC1CCC2(CC1)CC1(CCC(CCCCCCCCCC)CC1)C2=O. The maximum absolute atomic E-state index is 13.5. The summed E-state index contributed by atoms with van der Waals surface area (Å²) in [4.78, 5) is 13.5. The molecule has 0 N–H and O–H groups in total. The van der Waals surface area contributed by atoms with E-state index < -0.39 is 0 Å². The lowest BCUT2D eigenvalue weighted by Crippen LogP contribution is -2.59. The summed E-state index contributed by atoms with van der Waals surface area (Å²) in [5, 5.41) is 0. The lowest BCUT2D eigenvalue weighted by molar-refractivity contribution is -0.169. The third-order valence-electron chi connectivity index (χ3n) is 10.7. The summed E-state index contributed by atoms with van der Waals surface area (Å²) in [5.41, 5.74) is 0.279. The highest BCUT2D eigenvalue weighted by Crippen LogP contribution is 2.64. The van der Waals surface area contributed by atoms with Crippen LogP contribution in [0.3, 0.4) is 0 Å². The smallest absolute Gasteiger partial charge is 0.145 e. The Hall–Kier alpha value is -0.330. The fourth-order valence-electron chi connectivity index (χ4n) is 8.24. The van der Waals surface area contributed by atoms with Crippen molar-refractivity contribution in [1.82, 2.24) is 0 Å². The number of Topliss-reactive ketones (excluding diaryl/α,β-unsaturated/α-hetero) is 1. The van der Waals surface area contributed by atoms with Crippen molar-refractivity contribution in [2.45, 2.75) is 187 Å². The fraction of sp³-hybridized carbons (Fsp3) is 0.971. The van der Waals surface area contributed by atoms with E-state index >= 15 is 0 Å². The number of unbranched alkanes of at least 4 members (excludes halogenated alkanes) is 14. The van der Waals surface area contributed by atoms with Crippen molar-refractivity contribution in [1.29, 1.82) is 0 Å². The van der Waals surface area contributed by atoms with E-state index in [9.17, 15) is 4.79 Å². The van der Waals surface area contributed by atoms with Gasteiger partial charge in [-0.2, -0.15) is 0 Å². The molecule has 2 spiro atoms. The van der Waals surface area contributed by atoms with Gasteiger partial charge in [-0.15, -0.1) is 0 Å². The van der Waals surface area contributed by atoms with Crippen LogP contribution in [-0.4, -0.2) is 5.78 Å². The number of carbonyl (C=O) groups is 1. The third kappa shape index (κ3) is 8.88. The van der Waals surface area contributed by atoms with Crippen molar-refractivity contribution in [2.24, 2.45) is 22.7 Å².